The highest BCUT2D eigenvalue weighted by Crippen LogP contribution is 2.47. The number of carbonyl (C=O) groups excluding carboxylic acids is 1. The Kier molecular flexibility index (Phi) is 9.52. The minimum atomic E-state index is -4.13. The van der Waals surface area contributed by atoms with Gasteiger partial charge in [0.1, 0.15) is 12.4 Å². The van der Waals surface area contributed by atoms with Gasteiger partial charge in [0.25, 0.3) is 15.9 Å². The Bertz CT molecular complexity index is 1430. The first kappa shape index (κ1) is 30.9. The Morgan fingerprint density at radius 3 is 2.74 bits per heavy atom. The Morgan fingerprint density at radius 2 is 2.00 bits per heavy atom. The van der Waals surface area contributed by atoms with Crippen molar-refractivity contribution in [2.75, 3.05) is 51.0 Å². The van der Waals surface area contributed by atoms with Gasteiger partial charge in [0, 0.05) is 30.1 Å². The molecule has 2 aromatic rings. The van der Waals surface area contributed by atoms with E-state index in [1.54, 1.807) is 12.1 Å². The maximum absolute atomic E-state index is 13.3. The first-order valence-electron chi connectivity index (χ1n) is 14.8. The van der Waals surface area contributed by atoms with Gasteiger partial charge in [-0.15, -0.1) is 0 Å². The van der Waals surface area contributed by atoms with Crippen LogP contribution >= 0.6 is 11.6 Å². The Morgan fingerprint density at radius 1 is 1.19 bits per heavy atom. The van der Waals surface area contributed by atoms with E-state index in [9.17, 15) is 13.2 Å². The van der Waals surface area contributed by atoms with Gasteiger partial charge in [-0.05, 0) is 99.2 Å². The molecule has 3 atom stereocenters. The zero-order chi connectivity index (χ0) is 29.9. The summed E-state index contributed by atoms with van der Waals surface area (Å²) in [5, 5.41) is 0.732. The molecular formula is C32H41ClN2O6S. The molecule has 0 aromatic heterocycles. The van der Waals surface area contributed by atoms with Crippen molar-refractivity contribution in [3.8, 4) is 5.75 Å². The molecule has 1 fully saturated rings. The second-order valence-electron chi connectivity index (χ2n) is 11.8. The van der Waals surface area contributed by atoms with Crippen molar-refractivity contribution in [2.45, 2.75) is 56.3 Å². The number of aryl methyl sites for hydroxylation is 1. The third-order valence-corrected chi connectivity index (χ3v) is 10.5. The van der Waals surface area contributed by atoms with E-state index in [-0.39, 0.29) is 23.5 Å². The molecule has 42 heavy (non-hydrogen) atoms. The highest BCUT2D eigenvalue weighted by molar-refractivity contribution is 7.90. The number of anilines is 1. The van der Waals surface area contributed by atoms with Crippen LogP contribution in [0.1, 0.15) is 50.7 Å². The Labute approximate surface area is 254 Å². The number of carbonyl (C=O) groups is 1. The van der Waals surface area contributed by atoms with Crippen LogP contribution in [-0.4, -0.2) is 60.4 Å². The van der Waals surface area contributed by atoms with Gasteiger partial charge in [-0.25, -0.2) is 13.1 Å². The lowest BCUT2D eigenvalue weighted by Gasteiger charge is -2.44. The van der Waals surface area contributed by atoms with Gasteiger partial charge in [0.05, 0.1) is 30.4 Å². The van der Waals surface area contributed by atoms with Crippen LogP contribution in [0.4, 0.5) is 5.69 Å². The number of sulfonamides is 1. The summed E-state index contributed by atoms with van der Waals surface area (Å²) in [6.07, 6.45) is 5.18. The summed E-state index contributed by atoms with van der Waals surface area (Å²) in [5.41, 5.74) is 4.16. The Hall–Kier alpha value is -2.59. The lowest BCUT2D eigenvalue weighted by molar-refractivity contribution is -0.124. The number of hydrogen-bond donors (Lipinski definition) is 1. The molecule has 3 aliphatic rings. The molecule has 2 aromatic carbocycles. The number of nitrogens with one attached hydrogen (secondary N) is 1. The smallest absolute Gasteiger partial charge is 0.264 e. The third kappa shape index (κ3) is 6.64. The average molecular weight is 617 g/mol. The van der Waals surface area contributed by atoms with E-state index in [0.29, 0.717) is 44.0 Å². The largest absolute Gasteiger partial charge is 0.490 e. The lowest BCUT2D eigenvalue weighted by atomic mass is 9.68. The van der Waals surface area contributed by atoms with Crippen LogP contribution in [0.25, 0.3) is 0 Å². The summed E-state index contributed by atoms with van der Waals surface area (Å²) < 4.78 is 45.6. The molecule has 1 N–H and O–H groups in total. The highest BCUT2D eigenvalue weighted by Gasteiger charge is 2.43. The van der Waals surface area contributed by atoms with Crippen LogP contribution in [0.2, 0.25) is 5.02 Å². The fraction of sp³-hybridized carbons (Fsp3) is 0.531. The molecular weight excluding hydrogens is 576 g/mol. The minimum absolute atomic E-state index is 0.00866. The monoisotopic (exact) mass is 616 g/mol. The van der Waals surface area contributed by atoms with Crippen molar-refractivity contribution in [3.05, 3.63) is 64.7 Å². The first-order valence-corrected chi connectivity index (χ1v) is 16.7. The molecule has 1 aliphatic heterocycles. The molecule has 1 saturated carbocycles. The van der Waals surface area contributed by atoms with Crippen LogP contribution in [0.5, 0.6) is 5.75 Å². The van der Waals surface area contributed by atoms with E-state index in [0.717, 1.165) is 49.4 Å². The van der Waals surface area contributed by atoms with Crippen LogP contribution in [0.3, 0.4) is 0 Å². The van der Waals surface area contributed by atoms with Gasteiger partial charge in [-0.3, -0.25) is 4.79 Å². The number of amides is 1. The summed E-state index contributed by atoms with van der Waals surface area (Å²) in [6.45, 7) is 10.8. The van der Waals surface area contributed by atoms with Gasteiger partial charge in [-0.2, -0.15) is 0 Å². The molecule has 1 spiro atoms. The number of fused-ring (bicyclic) bond motifs is 3. The summed E-state index contributed by atoms with van der Waals surface area (Å²) in [5.74, 6) is 0.779. The summed E-state index contributed by atoms with van der Waals surface area (Å²) in [4.78, 5) is 14.7. The fourth-order valence-electron chi connectivity index (χ4n) is 6.65. The van der Waals surface area contributed by atoms with E-state index in [1.807, 2.05) is 13.0 Å². The van der Waals surface area contributed by atoms with Crippen LogP contribution in [0.15, 0.2) is 53.4 Å². The lowest BCUT2D eigenvalue weighted by Crippen LogP contribution is -2.48. The molecule has 8 nitrogen and oxygen atoms in total. The second kappa shape index (κ2) is 13.0. The van der Waals surface area contributed by atoms with E-state index in [4.69, 9.17) is 25.8 Å². The molecule has 2 aliphatic carbocycles. The SMILES string of the molecule is C=C(C)[C@@H]1CC[C@@H]1CN1C[C@@]2(CCCc3cc(Cl)ccc32)COc2ccc(S(=O)(=O)NC(=O)COCCOCC)cc21. The van der Waals surface area contributed by atoms with Crippen LogP contribution in [0, 0.1) is 11.8 Å². The van der Waals surface area contributed by atoms with E-state index in [1.165, 1.54) is 22.8 Å². The Balaban J connectivity index is 1.43. The molecule has 228 valence electrons. The fourth-order valence-corrected chi connectivity index (χ4v) is 7.83. The van der Waals surface area contributed by atoms with Crippen molar-refractivity contribution in [3.63, 3.8) is 0 Å². The molecule has 10 heteroatoms. The molecule has 0 unspecified atom stereocenters. The third-order valence-electron chi connectivity index (χ3n) is 8.88. The summed E-state index contributed by atoms with van der Waals surface area (Å²) in [7, 11) is -4.13. The molecule has 1 amide bonds. The minimum Gasteiger partial charge on any atom is -0.490 e. The summed E-state index contributed by atoms with van der Waals surface area (Å²) >= 11 is 6.37. The van der Waals surface area contributed by atoms with E-state index < -0.39 is 15.9 Å². The average Bonchev–Trinajstić information content (AvgIpc) is 3.07. The topological polar surface area (TPSA) is 94.2 Å². The molecule has 0 bridgehead atoms. The van der Waals surface area contributed by atoms with E-state index in [2.05, 4.69) is 35.3 Å². The number of halogens is 1. The number of ether oxygens (including phenoxy) is 3. The van der Waals surface area contributed by atoms with Gasteiger partial charge in [0.15, 0.2) is 0 Å². The van der Waals surface area contributed by atoms with E-state index >= 15 is 0 Å². The van der Waals surface area contributed by atoms with Gasteiger partial charge < -0.3 is 19.1 Å². The number of nitrogens with zero attached hydrogens (tertiary/aromatic N) is 1. The maximum atomic E-state index is 13.3. The van der Waals surface area contributed by atoms with Gasteiger partial charge in [0.2, 0.25) is 0 Å². The zero-order valence-electron chi connectivity index (χ0n) is 24.5. The van der Waals surface area contributed by atoms with Crippen molar-refractivity contribution >= 4 is 33.2 Å². The van der Waals surface area contributed by atoms with Crippen molar-refractivity contribution in [2.24, 2.45) is 11.8 Å². The molecule has 5 rings (SSSR count). The van der Waals surface area contributed by atoms with Crippen molar-refractivity contribution in [1.82, 2.24) is 4.72 Å². The number of rotatable bonds is 11. The number of benzene rings is 2. The van der Waals surface area contributed by atoms with Crippen molar-refractivity contribution < 1.29 is 27.4 Å². The van der Waals surface area contributed by atoms with Gasteiger partial charge >= 0.3 is 0 Å². The predicted octanol–water partition coefficient (Wildman–Crippen LogP) is 5.27. The highest BCUT2D eigenvalue weighted by atomic mass is 35.5. The van der Waals surface area contributed by atoms with Crippen LogP contribution < -0.4 is 14.4 Å². The molecule has 0 radical (unpaired) electrons. The second-order valence-corrected chi connectivity index (χ2v) is 13.9. The van der Waals surface area contributed by atoms with Crippen molar-refractivity contribution in [1.29, 1.82) is 0 Å². The number of allylic oxidation sites excluding steroid dienone is 1. The molecule has 1 heterocycles. The molecule has 0 saturated heterocycles. The standard InChI is InChI=1S/C32H41ClN2O6S/c1-4-39-14-15-40-19-31(36)34-42(37,38)26-9-12-30-29(17-26)35(18-24-7-10-27(24)22(2)3)20-32(21-41-30)13-5-6-23-16-25(33)8-11-28(23)32/h8-9,11-12,16-17,24,27H,2,4-7,10,13-15,18-21H2,1,3H3,(H,34,36)/t24-,27+,32+/m1/s1. The zero-order valence-corrected chi connectivity index (χ0v) is 26.1. The predicted molar refractivity (Wildman–Crippen MR) is 164 cm³/mol. The quantitative estimate of drug-likeness (QED) is 0.271. The first-order chi connectivity index (χ1) is 20.1. The van der Waals surface area contributed by atoms with Crippen LogP contribution in [-0.2, 0) is 36.1 Å². The maximum Gasteiger partial charge on any atom is 0.264 e. The summed E-state index contributed by atoms with van der Waals surface area (Å²) in [6, 6.07) is 11.0. The number of hydrogen-bond acceptors (Lipinski definition) is 7. The normalized spacial score (nSPS) is 23.3. The van der Waals surface area contributed by atoms with Gasteiger partial charge in [-0.1, -0.05) is 29.8 Å².